The number of hydrogen-bond donors (Lipinski definition) is 2. The van der Waals surface area contributed by atoms with Gasteiger partial charge in [-0.05, 0) is 37.0 Å². The van der Waals surface area contributed by atoms with E-state index in [0.29, 0.717) is 28.8 Å². The van der Waals surface area contributed by atoms with Gasteiger partial charge in [0.05, 0.1) is 17.0 Å². The summed E-state index contributed by atoms with van der Waals surface area (Å²) in [4.78, 5) is 24.9. The van der Waals surface area contributed by atoms with Gasteiger partial charge in [-0.2, -0.15) is 0 Å². The van der Waals surface area contributed by atoms with Crippen molar-refractivity contribution in [2.24, 2.45) is 0 Å². The lowest BCUT2D eigenvalue weighted by molar-refractivity contribution is -0.113. The normalized spacial score (nSPS) is 14.4. The first-order chi connectivity index (χ1) is 13.7. The van der Waals surface area contributed by atoms with Crippen LogP contribution in [0.25, 0.3) is 0 Å². The van der Waals surface area contributed by atoms with Crippen LogP contribution >= 0.6 is 11.8 Å². The molecule has 0 atom stereocenters. The molecule has 1 fully saturated rings. The van der Waals surface area contributed by atoms with Gasteiger partial charge in [-0.1, -0.05) is 61.7 Å². The summed E-state index contributed by atoms with van der Waals surface area (Å²) in [6, 6.07) is 17.3. The summed E-state index contributed by atoms with van der Waals surface area (Å²) in [6.07, 6.45) is 7.04. The quantitative estimate of drug-likeness (QED) is 0.682. The molecule has 3 rings (SSSR count). The molecule has 28 heavy (non-hydrogen) atoms. The molecule has 1 saturated carbocycles. The number of amides is 2. The molecule has 0 bridgehead atoms. The van der Waals surface area contributed by atoms with Gasteiger partial charge in [0.25, 0.3) is 5.91 Å². The average Bonchev–Trinajstić information content (AvgIpc) is 2.74. The highest BCUT2D eigenvalue weighted by Gasteiger charge is 2.17. The Bertz CT molecular complexity index is 773. The molecule has 5 heteroatoms. The van der Waals surface area contributed by atoms with E-state index in [-0.39, 0.29) is 11.8 Å². The summed E-state index contributed by atoms with van der Waals surface area (Å²) in [7, 11) is 0. The van der Waals surface area contributed by atoms with Gasteiger partial charge in [-0.25, -0.2) is 0 Å². The Kier molecular flexibility index (Phi) is 7.97. The highest BCUT2D eigenvalue weighted by Crippen LogP contribution is 2.28. The second kappa shape index (κ2) is 10.9. The van der Waals surface area contributed by atoms with Crippen LogP contribution in [0.15, 0.2) is 54.6 Å². The molecule has 0 aliphatic heterocycles. The third-order valence-corrected chi connectivity index (χ3v) is 6.36. The third-order valence-electron chi connectivity index (χ3n) is 4.99. The van der Waals surface area contributed by atoms with E-state index in [2.05, 4.69) is 10.6 Å². The van der Waals surface area contributed by atoms with Crippen molar-refractivity contribution in [1.29, 1.82) is 0 Å². The maximum atomic E-state index is 12.6. The third kappa shape index (κ3) is 6.41. The van der Waals surface area contributed by atoms with Gasteiger partial charge in [-0.3, -0.25) is 9.59 Å². The van der Waals surface area contributed by atoms with Crippen LogP contribution in [0.3, 0.4) is 0 Å². The van der Waals surface area contributed by atoms with Crippen molar-refractivity contribution in [3.05, 3.63) is 65.7 Å². The number of anilines is 1. The van der Waals surface area contributed by atoms with Crippen LogP contribution in [0.1, 0.15) is 48.0 Å². The van der Waals surface area contributed by atoms with E-state index in [1.165, 1.54) is 37.7 Å². The lowest BCUT2D eigenvalue weighted by Crippen LogP contribution is -2.27. The number of hydrogen-bond acceptors (Lipinski definition) is 3. The first-order valence-corrected chi connectivity index (χ1v) is 11.1. The van der Waals surface area contributed by atoms with Crippen molar-refractivity contribution in [2.75, 3.05) is 17.6 Å². The van der Waals surface area contributed by atoms with Crippen LogP contribution in [0.2, 0.25) is 0 Å². The first kappa shape index (κ1) is 20.5. The SMILES string of the molecule is O=C(CSC1CCCCC1)Nc1ccccc1C(=O)NCCc1ccccc1. The Morgan fingerprint density at radius 1 is 0.929 bits per heavy atom. The van der Waals surface area contributed by atoms with Crippen molar-refractivity contribution in [3.63, 3.8) is 0 Å². The van der Waals surface area contributed by atoms with E-state index >= 15 is 0 Å². The minimum Gasteiger partial charge on any atom is -0.352 e. The van der Waals surface area contributed by atoms with E-state index in [4.69, 9.17) is 0 Å². The molecular weight excluding hydrogens is 368 g/mol. The molecule has 1 aliphatic rings. The van der Waals surface area contributed by atoms with Gasteiger partial charge in [-0.15, -0.1) is 11.8 Å². The number of carbonyl (C=O) groups is 2. The summed E-state index contributed by atoms with van der Waals surface area (Å²) in [5.74, 6) is 0.237. The first-order valence-electron chi connectivity index (χ1n) is 10.0. The minimum absolute atomic E-state index is 0.0416. The molecule has 0 spiro atoms. The minimum atomic E-state index is -0.160. The molecular formula is C23H28N2O2S. The number of para-hydroxylation sites is 1. The van der Waals surface area contributed by atoms with Gasteiger partial charge in [0.2, 0.25) is 5.91 Å². The number of nitrogens with one attached hydrogen (secondary N) is 2. The molecule has 4 nitrogen and oxygen atoms in total. The Morgan fingerprint density at radius 3 is 2.43 bits per heavy atom. The fourth-order valence-corrected chi connectivity index (χ4v) is 4.59. The molecule has 0 unspecified atom stereocenters. The number of carbonyl (C=O) groups excluding carboxylic acids is 2. The summed E-state index contributed by atoms with van der Waals surface area (Å²) >= 11 is 1.74. The van der Waals surface area contributed by atoms with Crippen molar-refractivity contribution >= 4 is 29.3 Å². The summed E-state index contributed by atoms with van der Waals surface area (Å²) < 4.78 is 0. The zero-order chi connectivity index (χ0) is 19.6. The summed E-state index contributed by atoms with van der Waals surface area (Å²) in [5.41, 5.74) is 2.27. The maximum absolute atomic E-state index is 12.6. The van der Waals surface area contributed by atoms with Gasteiger partial charge >= 0.3 is 0 Å². The Labute approximate surface area is 171 Å². The number of rotatable bonds is 8. The largest absolute Gasteiger partial charge is 0.352 e. The van der Waals surface area contributed by atoms with Gasteiger partial charge < -0.3 is 10.6 Å². The van der Waals surface area contributed by atoms with Crippen molar-refractivity contribution in [3.8, 4) is 0 Å². The molecule has 1 aliphatic carbocycles. The molecule has 0 heterocycles. The fourth-order valence-electron chi connectivity index (χ4n) is 3.46. The average molecular weight is 397 g/mol. The van der Waals surface area contributed by atoms with Crippen LogP contribution in [0, 0.1) is 0 Å². The molecule has 2 aromatic carbocycles. The van der Waals surface area contributed by atoms with Crippen LogP contribution in [-0.4, -0.2) is 29.4 Å². The predicted molar refractivity (Wildman–Crippen MR) is 117 cm³/mol. The zero-order valence-electron chi connectivity index (χ0n) is 16.2. The zero-order valence-corrected chi connectivity index (χ0v) is 17.0. The van der Waals surface area contributed by atoms with Crippen molar-refractivity contribution < 1.29 is 9.59 Å². The molecule has 2 N–H and O–H groups in total. The molecule has 148 valence electrons. The Balaban J connectivity index is 1.50. The Morgan fingerprint density at radius 2 is 1.64 bits per heavy atom. The second-order valence-electron chi connectivity index (χ2n) is 7.16. The molecule has 0 radical (unpaired) electrons. The van der Waals surface area contributed by atoms with Gasteiger partial charge in [0, 0.05) is 11.8 Å². The second-order valence-corrected chi connectivity index (χ2v) is 8.44. The van der Waals surface area contributed by atoms with E-state index in [1.54, 1.807) is 23.9 Å². The van der Waals surface area contributed by atoms with Crippen molar-refractivity contribution in [2.45, 2.75) is 43.8 Å². The van der Waals surface area contributed by atoms with E-state index in [0.717, 1.165) is 6.42 Å². The molecule has 2 aromatic rings. The lowest BCUT2D eigenvalue weighted by Gasteiger charge is -2.20. The van der Waals surface area contributed by atoms with Crippen molar-refractivity contribution in [1.82, 2.24) is 5.32 Å². The number of thioether (sulfide) groups is 1. The van der Waals surface area contributed by atoms with E-state index in [9.17, 15) is 9.59 Å². The highest BCUT2D eigenvalue weighted by molar-refractivity contribution is 8.00. The highest BCUT2D eigenvalue weighted by atomic mass is 32.2. The van der Waals surface area contributed by atoms with E-state index < -0.39 is 0 Å². The summed E-state index contributed by atoms with van der Waals surface area (Å²) in [6.45, 7) is 0.558. The topological polar surface area (TPSA) is 58.2 Å². The predicted octanol–water partition coefficient (Wildman–Crippen LogP) is 4.66. The standard InChI is InChI=1S/C23H28N2O2S/c26-22(17-28-19-11-5-2-6-12-19)25-21-14-8-7-13-20(21)23(27)24-16-15-18-9-3-1-4-10-18/h1,3-4,7-10,13-14,19H,2,5-6,11-12,15-17H2,(H,24,27)(H,25,26). The molecule has 0 saturated heterocycles. The van der Waals surface area contributed by atoms with Gasteiger partial charge in [0.15, 0.2) is 0 Å². The number of benzene rings is 2. The molecule has 2 amide bonds. The molecule has 0 aromatic heterocycles. The van der Waals surface area contributed by atoms with E-state index in [1.807, 2.05) is 42.5 Å². The fraction of sp³-hybridized carbons (Fsp3) is 0.391. The summed E-state index contributed by atoms with van der Waals surface area (Å²) in [5, 5.41) is 6.46. The monoisotopic (exact) mass is 396 g/mol. The maximum Gasteiger partial charge on any atom is 0.253 e. The van der Waals surface area contributed by atoms with Crippen LogP contribution in [-0.2, 0) is 11.2 Å². The van der Waals surface area contributed by atoms with Crippen LogP contribution < -0.4 is 10.6 Å². The van der Waals surface area contributed by atoms with Crippen LogP contribution in [0.5, 0.6) is 0 Å². The Hall–Kier alpha value is -2.27. The lowest BCUT2D eigenvalue weighted by atomic mass is 10.0. The van der Waals surface area contributed by atoms with Crippen LogP contribution in [0.4, 0.5) is 5.69 Å². The smallest absolute Gasteiger partial charge is 0.253 e. The van der Waals surface area contributed by atoms with Gasteiger partial charge in [0.1, 0.15) is 0 Å².